The zero-order valence-electron chi connectivity index (χ0n) is 53.9. The van der Waals surface area contributed by atoms with E-state index < -0.39 is 6.10 Å². The molecule has 0 rings (SSSR count). The quantitative estimate of drug-likeness (QED) is 0.0261. The van der Waals surface area contributed by atoms with Crippen LogP contribution in [0.3, 0.4) is 0 Å². The summed E-state index contributed by atoms with van der Waals surface area (Å²) in [6, 6.07) is 0. The molecule has 470 valence electrons. The van der Waals surface area contributed by atoms with Crippen molar-refractivity contribution >= 4 is 17.9 Å². The SMILES string of the molecule is CC/C=C\C/C=C\C/C=C\C/C=C\C/C=C\C/C=C\C/C=C\C/C=C\C/C=C\C/C=C\CCCCCCC(=O)OCC(COC(=O)CCCCCCC/C=C\CCCCCC)OC(=O)CCCCCCCCC/C=C\CCCCCCCC. The van der Waals surface area contributed by atoms with Crippen LogP contribution >= 0.6 is 0 Å². The normalized spacial score (nSPS) is 13.0. The van der Waals surface area contributed by atoms with E-state index in [9.17, 15) is 14.4 Å². The van der Waals surface area contributed by atoms with Crippen LogP contribution in [-0.2, 0) is 28.6 Å². The van der Waals surface area contributed by atoms with Gasteiger partial charge in [-0.2, -0.15) is 0 Å². The van der Waals surface area contributed by atoms with E-state index in [0.717, 1.165) is 148 Å². The molecule has 6 nitrogen and oxygen atoms in total. The Balaban J connectivity index is 4.34. The molecule has 0 N–H and O–H groups in total. The highest BCUT2D eigenvalue weighted by atomic mass is 16.6. The largest absolute Gasteiger partial charge is 0.462 e. The van der Waals surface area contributed by atoms with Gasteiger partial charge in [0.2, 0.25) is 0 Å². The molecule has 0 aromatic heterocycles. The molecule has 0 heterocycles. The lowest BCUT2D eigenvalue weighted by Crippen LogP contribution is -2.30. The predicted molar refractivity (Wildman–Crippen MR) is 362 cm³/mol. The molecule has 0 aliphatic carbocycles. The monoisotopic (exact) mass is 1150 g/mol. The minimum Gasteiger partial charge on any atom is -0.462 e. The standard InChI is InChI=1S/C77H126O6/c1-4-7-10-13-16-19-22-25-27-29-30-31-32-33-34-35-36-37-38-39-40-41-42-43-44-45-46-48-49-52-55-58-61-64-67-70-76(79)82-73-74(72-81-75(78)69-66-63-60-57-54-51-24-21-18-15-12-9-6-3)83-77(80)71-68-65-62-59-56-53-50-47-28-26-23-20-17-14-11-8-5-2/h7,10,16,19,21,24-28,30-31,33-34,36-37,39-40,42-43,45-46,49,52,74H,4-6,8-9,11-15,17-18,20,22-23,29,32,35,38,41,44,47-48,50-51,53-73H2,1-3H3/b10-7-,19-16-,24-21-,27-25-,28-26-,31-30-,34-33-,37-36-,40-39-,43-42-,46-45-,52-49-. The Morgan fingerprint density at radius 2 is 0.470 bits per heavy atom. The fraction of sp³-hybridized carbons (Fsp3) is 0.649. The maximum atomic E-state index is 12.9. The van der Waals surface area contributed by atoms with Gasteiger partial charge in [-0.15, -0.1) is 0 Å². The molecule has 0 aliphatic heterocycles. The summed E-state index contributed by atoms with van der Waals surface area (Å²) in [5, 5.41) is 0. The minimum absolute atomic E-state index is 0.0949. The van der Waals surface area contributed by atoms with Crippen LogP contribution in [0.4, 0.5) is 0 Å². The van der Waals surface area contributed by atoms with Crippen LogP contribution in [0.2, 0.25) is 0 Å². The van der Waals surface area contributed by atoms with Crippen molar-refractivity contribution in [2.24, 2.45) is 0 Å². The van der Waals surface area contributed by atoms with Gasteiger partial charge in [-0.05, 0) is 148 Å². The first-order valence-corrected chi connectivity index (χ1v) is 34.3. The summed E-state index contributed by atoms with van der Waals surface area (Å²) in [5.74, 6) is -0.930. The predicted octanol–water partition coefficient (Wildman–Crippen LogP) is 23.9. The fourth-order valence-corrected chi connectivity index (χ4v) is 9.17. The van der Waals surface area contributed by atoms with E-state index in [0.29, 0.717) is 19.3 Å². The summed E-state index contributed by atoms with van der Waals surface area (Å²) in [4.78, 5) is 38.3. The van der Waals surface area contributed by atoms with Gasteiger partial charge in [-0.1, -0.05) is 282 Å². The molecule has 0 radical (unpaired) electrons. The van der Waals surface area contributed by atoms with Crippen molar-refractivity contribution in [2.45, 2.75) is 309 Å². The molecule has 0 spiro atoms. The molecule has 0 saturated carbocycles. The van der Waals surface area contributed by atoms with Crippen molar-refractivity contribution in [2.75, 3.05) is 13.2 Å². The number of esters is 3. The molecular weight excluding hydrogens is 1020 g/mol. The number of carbonyl (C=O) groups excluding carboxylic acids is 3. The Kier molecular flexibility index (Phi) is 65.8. The minimum atomic E-state index is -0.800. The smallest absolute Gasteiger partial charge is 0.306 e. The lowest BCUT2D eigenvalue weighted by Gasteiger charge is -2.18. The van der Waals surface area contributed by atoms with Gasteiger partial charge in [0, 0.05) is 19.3 Å². The molecule has 6 heteroatoms. The third-order valence-corrected chi connectivity index (χ3v) is 14.3. The molecule has 0 aliphatic rings. The van der Waals surface area contributed by atoms with E-state index in [1.165, 1.54) is 116 Å². The van der Waals surface area contributed by atoms with Crippen LogP contribution in [-0.4, -0.2) is 37.2 Å². The molecule has 0 bridgehead atoms. The number of rotatable bonds is 61. The number of unbranched alkanes of at least 4 members (excludes halogenated alkanes) is 26. The van der Waals surface area contributed by atoms with E-state index in [4.69, 9.17) is 14.2 Å². The summed E-state index contributed by atoms with van der Waals surface area (Å²) >= 11 is 0. The Morgan fingerprint density at radius 1 is 0.253 bits per heavy atom. The molecular formula is C77H126O6. The van der Waals surface area contributed by atoms with Crippen molar-refractivity contribution in [3.8, 4) is 0 Å². The number of hydrogen-bond acceptors (Lipinski definition) is 6. The van der Waals surface area contributed by atoms with Crippen molar-refractivity contribution in [3.63, 3.8) is 0 Å². The summed E-state index contributed by atoms with van der Waals surface area (Å²) < 4.78 is 16.9. The average molecular weight is 1150 g/mol. The molecule has 0 fully saturated rings. The number of allylic oxidation sites excluding steroid dienone is 24. The first kappa shape index (κ1) is 78.3. The van der Waals surface area contributed by atoms with Crippen molar-refractivity contribution in [1.82, 2.24) is 0 Å². The van der Waals surface area contributed by atoms with Gasteiger partial charge in [-0.3, -0.25) is 14.4 Å². The van der Waals surface area contributed by atoms with Crippen molar-refractivity contribution in [3.05, 3.63) is 146 Å². The lowest BCUT2D eigenvalue weighted by atomic mass is 10.1. The van der Waals surface area contributed by atoms with E-state index in [2.05, 4.69) is 167 Å². The summed E-state index contributed by atoms with van der Waals surface area (Å²) in [6.45, 7) is 6.49. The van der Waals surface area contributed by atoms with Crippen LogP contribution in [0.25, 0.3) is 0 Å². The Bertz CT molecular complexity index is 1800. The molecule has 83 heavy (non-hydrogen) atoms. The van der Waals surface area contributed by atoms with E-state index in [1.807, 2.05) is 0 Å². The lowest BCUT2D eigenvalue weighted by molar-refractivity contribution is -0.167. The average Bonchev–Trinajstić information content (AvgIpc) is 3.49. The Morgan fingerprint density at radius 3 is 0.759 bits per heavy atom. The first-order valence-electron chi connectivity index (χ1n) is 34.3. The fourth-order valence-electron chi connectivity index (χ4n) is 9.17. The van der Waals surface area contributed by atoms with Gasteiger partial charge >= 0.3 is 17.9 Å². The van der Waals surface area contributed by atoms with Crippen LogP contribution < -0.4 is 0 Å². The maximum Gasteiger partial charge on any atom is 0.306 e. The molecule has 0 saturated heterocycles. The Labute approximate surface area is 512 Å². The summed E-state index contributed by atoms with van der Waals surface area (Å²) in [6.07, 6.45) is 100. The van der Waals surface area contributed by atoms with Crippen molar-refractivity contribution < 1.29 is 28.6 Å². The molecule has 0 amide bonds. The zero-order valence-corrected chi connectivity index (χ0v) is 53.9. The van der Waals surface area contributed by atoms with Gasteiger partial charge in [0.05, 0.1) is 0 Å². The maximum absolute atomic E-state index is 12.9. The second-order valence-electron chi connectivity index (χ2n) is 22.3. The molecule has 1 atom stereocenters. The first-order chi connectivity index (χ1) is 41.0. The van der Waals surface area contributed by atoms with Crippen molar-refractivity contribution in [1.29, 1.82) is 0 Å². The van der Waals surface area contributed by atoms with Crippen LogP contribution in [0.15, 0.2) is 146 Å². The van der Waals surface area contributed by atoms with Gasteiger partial charge in [0.25, 0.3) is 0 Å². The van der Waals surface area contributed by atoms with Crippen LogP contribution in [0.1, 0.15) is 303 Å². The topological polar surface area (TPSA) is 78.9 Å². The third kappa shape index (κ3) is 68.0. The Hall–Kier alpha value is -4.71. The van der Waals surface area contributed by atoms with E-state index in [-0.39, 0.29) is 31.1 Å². The number of ether oxygens (including phenoxy) is 3. The highest BCUT2D eigenvalue weighted by molar-refractivity contribution is 5.71. The second-order valence-corrected chi connectivity index (χ2v) is 22.3. The highest BCUT2D eigenvalue weighted by Crippen LogP contribution is 2.15. The number of carbonyl (C=O) groups is 3. The number of hydrogen-bond donors (Lipinski definition) is 0. The van der Waals surface area contributed by atoms with E-state index in [1.54, 1.807) is 0 Å². The summed E-state index contributed by atoms with van der Waals surface area (Å²) in [5.41, 5.74) is 0. The third-order valence-electron chi connectivity index (χ3n) is 14.3. The molecule has 0 aromatic carbocycles. The van der Waals surface area contributed by atoms with Gasteiger partial charge in [-0.25, -0.2) is 0 Å². The van der Waals surface area contributed by atoms with Gasteiger partial charge in [0.15, 0.2) is 6.10 Å². The summed E-state index contributed by atoms with van der Waals surface area (Å²) in [7, 11) is 0. The van der Waals surface area contributed by atoms with Crippen LogP contribution in [0, 0.1) is 0 Å². The zero-order chi connectivity index (χ0) is 59.9. The van der Waals surface area contributed by atoms with Gasteiger partial charge in [0.1, 0.15) is 13.2 Å². The van der Waals surface area contributed by atoms with E-state index >= 15 is 0 Å². The molecule has 1 unspecified atom stereocenters. The second kappa shape index (κ2) is 69.8. The molecule has 0 aromatic rings. The van der Waals surface area contributed by atoms with Crippen LogP contribution in [0.5, 0.6) is 0 Å². The van der Waals surface area contributed by atoms with Gasteiger partial charge < -0.3 is 14.2 Å². The highest BCUT2D eigenvalue weighted by Gasteiger charge is 2.19.